The summed E-state index contributed by atoms with van der Waals surface area (Å²) in [5, 5.41) is 7.07. The average Bonchev–Trinajstić information content (AvgIpc) is 3.00. The number of rotatable bonds is 4. The number of hydrogen-bond acceptors (Lipinski definition) is 4. The summed E-state index contributed by atoms with van der Waals surface area (Å²) in [6, 6.07) is 4.27. The molecule has 1 amide bonds. The lowest BCUT2D eigenvalue weighted by Gasteiger charge is -2.20. The highest BCUT2D eigenvalue weighted by molar-refractivity contribution is 7.15. The van der Waals surface area contributed by atoms with E-state index in [-0.39, 0.29) is 5.91 Å². The molecule has 0 bridgehead atoms. The average molecular weight is 343 g/mol. The van der Waals surface area contributed by atoms with Crippen molar-refractivity contribution in [3.05, 3.63) is 45.5 Å². The summed E-state index contributed by atoms with van der Waals surface area (Å²) >= 11 is 1.62. The lowest BCUT2D eigenvalue weighted by atomic mass is 9.97. The summed E-state index contributed by atoms with van der Waals surface area (Å²) in [7, 11) is 0. The number of nitrogens with one attached hydrogen (secondary N) is 2. The Morgan fingerprint density at radius 3 is 2.58 bits per heavy atom. The van der Waals surface area contributed by atoms with E-state index in [4.69, 9.17) is 0 Å². The van der Waals surface area contributed by atoms with Crippen molar-refractivity contribution in [3.8, 4) is 0 Å². The molecule has 2 aromatic rings. The van der Waals surface area contributed by atoms with Crippen molar-refractivity contribution in [1.82, 2.24) is 10.3 Å². The molecule has 0 unspecified atom stereocenters. The van der Waals surface area contributed by atoms with Crippen LogP contribution in [-0.2, 0) is 11.2 Å². The fraction of sp³-hybridized carbons (Fsp3) is 0.474. The van der Waals surface area contributed by atoms with Crippen LogP contribution in [0.5, 0.6) is 0 Å². The number of amides is 1. The van der Waals surface area contributed by atoms with Crippen LogP contribution in [0.4, 0.5) is 5.13 Å². The van der Waals surface area contributed by atoms with E-state index in [1.165, 1.54) is 21.6 Å². The normalized spacial score (nSPS) is 15.5. The third-order valence-electron chi connectivity index (χ3n) is 4.69. The SMILES string of the molecule is Cc1cc(C)c(CC(=O)Nc2ncc(C3CCNCC3)s2)c(C)c1. The standard InChI is InChI=1S/C19H25N3OS/c1-12-8-13(2)16(14(3)9-12)10-18(23)22-19-21-11-17(24-19)15-4-6-20-7-5-15/h8-9,11,15,20H,4-7,10H2,1-3H3,(H,21,22,23). The third kappa shape index (κ3) is 4.02. The van der Waals surface area contributed by atoms with Crippen LogP contribution in [0.15, 0.2) is 18.3 Å². The summed E-state index contributed by atoms with van der Waals surface area (Å²) in [5.41, 5.74) is 4.71. The molecule has 5 heteroatoms. The highest BCUT2D eigenvalue weighted by Crippen LogP contribution is 2.31. The van der Waals surface area contributed by atoms with Gasteiger partial charge in [0.15, 0.2) is 5.13 Å². The van der Waals surface area contributed by atoms with Gasteiger partial charge in [-0.1, -0.05) is 17.7 Å². The molecule has 2 heterocycles. The van der Waals surface area contributed by atoms with E-state index in [1.54, 1.807) is 11.3 Å². The first-order chi connectivity index (χ1) is 11.5. The fourth-order valence-corrected chi connectivity index (χ4v) is 4.45. The number of nitrogens with zero attached hydrogens (tertiary/aromatic N) is 1. The minimum atomic E-state index is 0.0104. The zero-order chi connectivity index (χ0) is 17.1. The number of hydrogen-bond donors (Lipinski definition) is 2. The van der Waals surface area contributed by atoms with Gasteiger partial charge in [-0.15, -0.1) is 11.3 Å². The first kappa shape index (κ1) is 17.1. The smallest absolute Gasteiger partial charge is 0.230 e. The first-order valence-corrected chi connectivity index (χ1v) is 9.37. The zero-order valence-corrected chi connectivity index (χ0v) is 15.4. The van der Waals surface area contributed by atoms with Gasteiger partial charge in [-0.3, -0.25) is 4.79 Å². The fourth-order valence-electron chi connectivity index (χ4n) is 3.45. The molecule has 1 aliphatic rings. The highest BCUT2D eigenvalue weighted by atomic mass is 32.1. The maximum absolute atomic E-state index is 12.4. The third-order valence-corrected chi connectivity index (χ3v) is 5.76. The Kier molecular flexibility index (Phi) is 5.31. The Morgan fingerprint density at radius 2 is 1.92 bits per heavy atom. The molecular weight excluding hydrogens is 318 g/mol. The van der Waals surface area contributed by atoms with Crippen LogP contribution in [0, 0.1) is 20.8 Å². The molecular formula is C19H25N3OS. The van der Waals surface area contributed by atoms with Crippen LogP contribution in [0.3, 0.4) is 0 Å². The predicted octanol–water partition coefficient (Wildman–Crippen LogP) is 3.72. The Bertz CT molecular complexity index is 709. The molecule has 128 valence electrons. The number of anilines is 1. The highest BCUT2D eigenvalue weighted by Gasteiger charge is 2.18. The van der Waals surface area contributed by atoms with E-state index < -0.39 is 0 Å². The van der Waals surface area contributed by atoms with E-state index in [9.17, 15) is 4.79 Å². The molecule has 0 atom stereocenters. The minimum Gasteiger partial charge on any atom is -0.317 e. The topological polar surface area (TPSA) is 54.0 Å². The van der Waals surface area contributed by atoms with Gasteiger partial charge in [0.25, 0.3) is 0 Å². The van der Waals surface area contributed by atoms with E-state index >= 15 is 0 Å². The number of aryl methyl sites for hydroxylation is 3. The second-order valence-electron chi connectivity index (χ2n) is 6.69. The van der Waals surface area contributed by atoms with E-state index in [2.05, 4.69) is 48.5 Å². The van der Waals surface area contributed by atoms with Crippen molar-refractivity contribution in [2.75, 3.05) is 18.4 Å². The summed E-state index contributed by atoms with van der Waals surface area (Å²) in [6.45, 7) is 8.36. The van der Waals surface area contributed by atoms with Crippen molar-refractivity contribution in [3.63, 3.8) is 0 Å². The van der Waals surface area contributed by atoms with Crippen molar-refractivity contribution >= 4 is 22.4 Å². The van der Waals surface area contributed by atoms with Gasteiger partial charge in [0.2, 0.25) is 5.91 Å². The Labute approximate surface area is 147 Å². The van der Waals surface area contributed by atoms with E-state index in [0.29, 0.717) is 12.3 Å². The van der Waals surface area contributed by atoms with Crippen molar-refractivity contribution in [1.29, 1.82) is 0 Å². The summed E-state index contributed by atoms with van der Waals surface area (Å²) in [4.78, 5) is 18.1. The van der Waals surface area contributed by atoms with Gasteiger partial charge in [0, 0.05) is 11.1 Å². The van der Waals surface area contributed by atoms with Gasteiger partial charge in [0.1, 0.15) is 0 Å². The summed E-state index contributed by atoms with van der Waals surface area (Å²) in [5.74, 6) is 0.590. The van der Waals surface area contributed by atoms with Crippen LogP contribution >= 0.6 is 11.3 Å². The van der Waals surface area contributed by atoms with Crippen molar-refractivity contribution in [2.24, 2.45) is 0 Å². The van der Waals surface area contributed by atoms with Crippen molar-refractivity contribution in [2.45, 2.75) is 46.0 Å². The molecule has 1 aromatic carbocycles. The Morgan fingerprint density at radius 1 is 1.25 bits per heavy atom. The number of carbonyl (C=O) groups is 1. The Hall–Kier alpha value is -1.72. The lowest BCUT2D eigenvalue weighted by molar-refractivity contribution is -0.115. The maximum atomic E-state index is 12.4. The molecule has 1 fully saturated rings. The van der Waals surface area contributed by atoms with Gasteiger partial charge in [-0.2, -0.15) is 0 Å². The molecule has 0 saturated carbocycles. The summed E-state index contributed by atoms with van der Waals surface area (Å²) < 4.78 is 0. The number of thiazole rings is 1. The van der Waals surface area contributed by atoms with Gasteiger partial charge in [-0.25, -0.2) is 4.98 Å². The van der Waals surface area contributed by atoms with Crippen LogP contribution in [-0.4, -0.2) is 24.0 Å². The number of aromatic nitrogens is 1. The molecule has 1 aliphatic heterocycles. The van der Waals surface area contributed by atoms with Crippen LogP contribution in [0.25, 0.3) is 0 Å². The molecule has 2 N–H and O–H groups in total. The number of piperidine rings is 1. The maximum Gasteiger partial charge on any atom is 0.230 e. The quantitative estimate of drug-likeness (QED) is 0.890. The predicted molar refractivity (Wildman–Crippen MR) is 99.9 cm³/mol. The first-order valence-electron chi connectivity index (χ1n) is 8.56. The number of benzene rings is 1. The molecule has 24 heavy (non-hydrogen) atoms. The molecule has 1 saturated heterocycles. The lowest BCUT2D eigenvalue weighted by Crippen LogP contribution is -2.26. The molecule has 3 rings (SSSR count). The summed E-state index contributed by atoms with van der Waals surface area (Å²) in [6.07, 6.45) is 4.63. The second-order valence-corrected chi connectivity index (χ2v) is 7.76. The van der Waals surface area contributed by atoms with Gasteiger partial charge in [0.05, 0.1) is 6.42 Å². The molecule has 0 spiro atoms. The van der Waals surface area contributed by atoms with Crippen LogP contribution in [0.2, 0.25) is 0 Å². The van der Waals surface area contributed by atoms with E-state index in [0.717, 1.165) is 36.6 Å². The van der Waals surface area contributed by atoms with E-state index in [1.807, 2.05) is 6.20 Å². The zero-order valence-electron chi connectivity index (χ0n) is 14.6. The van der Waals surface area contributed by atoms with Gasteiger partial charge in [-0.05, 0) is 69.3 Å². The molecule has 1 aromatic heterocycles. The minimum absolute atomic E-state index is 0.0104. The monoisotopic (exact) mass is 343 g/mol. The van der Waals surface area contributed by atoms with Crippen LogP contribution < -0.4 is 10.6 Å². The number of carbonyl (C=O) groups excluding carboxylic acids is 1. The van der Waals surface area contributed by atoms with Crippen LogP contribution in [0.1, 0.15) is 45.9 Å². The second kappa shape index (κ2) is 7.45. The van der Waals surface area contributed by atoms with Gasteiger partial charge >= 0.3 is 0 Å². The molecule has 0 radical (unpaired) electrons. The largest absolute Gasteiger partial charge is 0.317 e. The van der Waals surface area contributed by atoms with Crippen molar-refractivity contribution < 1.29 is 4.79 Å². The Balaban J connectivity index is 1.64. The molecule has 4 nitrogen and oxygen atoms in total. The van der Waals surface area contributed by atoms with Gasteiger partial charge < -0.3 is 10.6 Å². The molecule has 0 aliphatic carbocycles.